The quantitative estimate of drug-likeness (QED) is 0.802. The number of anilines is 1. The number of carbonyl (C=O) groups excluding carboxylic acids is 1. The van der Waals surface area contributed by atoms with Crippen LogP contribution in [0.5, 0.6) is 0 Å². The van der Waals surface area contributed by atoms with E-state index in [1.807, 2.05) is 35.2 Å². The van der Waals surface area contributed by atoms with Crippen LogP contribution >= 0.6 is 0 Å². The predicted molar refractivity (Wildman–Crippen MR) is 96.5 cm³/mol. The first-order chi connectivity index (χ1) is 11.3. The normalized spacial score (nSPS) is 21.8. The van der Waals surface area contributed by atoms with Gasteiger partial charge in [0.15, 0.2) is 0 Å². The molecule has 1 aliphatic heterocycles. The minimum atomic E-state index is -3.24. The van der Waals surface area contributed by atoms with Gasteiger partial charge in [-0.3, -0.25) is 9.69 Å². The van der Waals surface area contributed by atoms with Crippen LogP contribution in [0.1, 0.15) is 19.8 Å². The Labute approximate surface area is 144 Å². The highest BCUT2D eigenvalue weighted by Gasteiger charge is 2.34. The minimum Gasteiger partial charge on any atom is -0.314 e. The van der Waals surface area contributed by atoms with Crippen molar-refractivity contribution in [3.8, 4) is 0 Å². The molecule has 1 saturated heterocycles. The number of hydrogen-bond donors (Lipinski definition) is 1. The Bertz CT molecular complexity index is 648. The van der Waals surface area contributed by atoms with Crippen molar-refractivity contribution in [3.05, 3.63) is 30.3 Å². The number of nitrogens with zero attached hydrogens (tertiary/aromatic N) is 2. The van der Waals surface area contributed by atoms with Gasteiger partial charge in [-0.2, -0.15) is 0 Å². The van der Waals surface area contributed by atoms with Crippen molar-refractivity contribution in [3.63, 3.8) is 0 Å². The number of para-hydroxylation sites is 1. The molecular formula is C17H27N3O3S. The number of benzene rings is 1. The predicted octanol–water partition coefficient (Wildman–Crippen LogP) is 1.30. The van der Waals surface area contributed by atoms with Crippen molar-refractivity contribution in [2.75, 3.05) is 37.8 Å². The first-order valence-corrected chi connectivity index (χ1v) is 10.2. The molecule has 1 aromatic rings. The molecule has 7 heteroatoms. The number of likely N-dealkylation sites (N-methyl/N-ethyl adjacent to an activating group) is 1. The standard InChI is InChI=1S/C17H27N3O3S/c1-4-8-14-11-20(12-16(14)18-24(3,22)23)13-17(21)19(2)15-9-6-5-7-10-15/h5-7,9-10,14,16,18H,4,8,11-13H2,1-3H3/t14-,16-/m1/s1. The lowest BCUT2D eigenvalue weighted by atomic mass is 9.99. The second-order valence-electron chi connectivity index (χ2n) is 6.53. The van der Waals surface area contributed by atoms with Gasteiger partial charge in [0, 0.05) is 31.9 Å². The maximum atomic E-state index is 12.5. The van der Waals surface area contributed by atoms with E-state index >= 15 is 0 Å². The third-order valence-electron chi connectivity index (χ3n) is 4.42. The van der Waals surface area contributed by atoms with E-state index in [1.165, 1.54) is 6.26 Å². The fourth-order valence-electron chi connectivity index (χ4n) is 3.25. The van der Waals surface area contributed by atoms with Gasteiger partial charge in [0.2, 0.25) is 15.9 Å². The van der Waals surface area contributed by atoms with Crippen LogP contribution in [0.15, 0.2) is 30.3 Å². The summed E-state index contributed by atoms with van der Waals surface area (Å²) in [5.41, 5.74) is 0.859. The summed E-state index contributed by atoms with van der Waals surface area (Å²) in [7, 11) is -1.47. The molecule has 1 aromatic carbocycles. The highest BCUT2D eigenvalue weighted by atomic mass is 32.2. The number of hydrogen-bond acceptors (Lipinski definition) is 4. The van der Waals surface area contributed by atoms with Crippen LogP contribution in [0, 0.1) is 5.92 Å². The Morgan fingerprint density at radius 3 is 2.54 bits per heavy atom. The summed E-state index contributed by atoms with van der Waals surface area (Å²) >= 11 is 0. The van der Waals surface area contributed by atoms with E-state index in [0.29, 0.717) is 13.1 Å². The molecule has 0 bridgehead atoms. The van der Waals surface area contributed by atoms with Crippen LogP contribution in [0.3, 0.4) is 0 Å². The van der Waals surface area contributed by atoms with E-state index in [2.05, 4.69) is 11.6 Å². The average molecular weight is 353 g/mol. The lowest BCUT2D eigenvalue weighted by Gasteiger charge is -2.21. The van der Waals surface area contributed by atoms with Gasteiger partial charge in [-0.1, -0.05) is 31.5 Å². The molecule has 1 fully saturated rings. The average Bonchev–Trinajstić information content (AvgIpc) is 2.87. The molecule has 1 heterocycles. The summed E-state index contributed by atoms with van der Waals surface area (Å²) in [4.78, 5) is 16.2. The molecule has 2 rings (SSSR count). The minimum absolute atomic E-state index is 0.0106. The topological polar surface area (TPSA) is 69.7 Å². The summed E-state index contributed by atoms with van der Waals surface area (Å²) in [5, 5.41) is 0. The molecule has 0 aromatic heterocycles. The molecule has 0 radical (unpaired) electrons. The van der Waals surface area contributed by atoms with Gasteiger partial charge in [0.1, 0.15) is 0 Å². The van der Waals surface area contributed by atoms with Gasteiger partial charge in [0.05, 0.1) is 12.8 Å². The van der Waals surface area contributed by atoms with E-state index in [9.17, 15) is 13.2 Å². The Morgan fingerprint density at radius 1 is 1.29 bits per heavy atom. The van der Waals surface area contributed by atoms with Crippen LogP contribution in [0.25, 0.3) is 0 Å². The fourth-order valence-corrected chi connectivity index (χ4v) is 4.07. The molecule has 2 atom stereocenters. The first kappa shape index (κ1) is 18.9. The number of amides is 1. The highest BCUT2D eigenvalue weighted by molar-refractivity contribution is 7.88. The zero-order valence-corrected chi connectivity index (χ0v) is 15.4. The monoisotopic (exact) mass is 353 g/mol. The van der Waals surface area contributed by atoms with Gasteiger partial charge in [0.25, 0.3) is 0 Å². The number of rotatable bonds is 7. The van der Waals surface area contributed by atoms with Crippen LogP contribution in [-0.4, -0.2) is 58.2 Å². The molecule has 0 spiro atoms. The smallest absolute Gasteiger partial charge is 0.240 e. The Morgan fingerprint density at radius 2 is 1.96 bits per heavy atom. The second kappa shape index (κ2) is 8.09. The van der Waals surface area contributed by atoms with Crippen molar-refractivity contribution < 1.29 is 13.2 Å². The third-order valence-corrected chi connectivity index (χ3v) is 5.15. The number of nitrogens with one attached hydrogen (secondary N) is 1. The number of sulfonamides is 1. The van der Waals surface area contributed by atoms with Crippen molar-refractivity contribution in [2.24, 2.45) is 5.92 Å². The Balaban J connectivity index is 1.98. The largest absolute Gasteiger partial charge is 0.314 e. The zero-order chi connectivity index (χ0) is 17.7. The first-order valence-electron chi connectivity index (χ1n) is 8.31. The van der Waals surface area contributed by atoms with Gasteiger partial charge in [-0.15, -0.1) is 0 Å². The number of carbonyl (C=O) groups is 1. The molecule has 6 nitrogen and oxygen atoms in total. The molecule has 0 unspecified atom stereocenters. The van der Waals surface area contributed by atoms with Gasteiger partial charge < -0.3 is 4.90 Å². The van der Waals surface area contributed by atoms with Crippen molar-refractivity contribution in [1.29, 1.82) is 0 Å². The summed E-state index contributed by atoms with van der Waals surface area (Å²) in [6.45, 7) is 3.71. The van der Waals surface area contributed by atoms with Gasteiger partial charge in [-0.05, 0) is 24.5 Å². The Hall–Kier alpha value is -1.44. The second-order valence-corrected chi connectivity index (χ2v) is 8.31. The van der Waals surface area contributed by atoms with E-state index in [4.69, 9.17) is 0 Å². The summed E-state index contributed by atoms with van der Waals surface area (Å²) < 4.78 is 25.8. The maximum absolute atomic E-state index is 12.5. The van der Waals surface area contributed by atoms with E-state index in [1.54, 1.807) is 11.9 Å². The molecule has 1 aliphatic rings. The molecule has 134 valence electrons. The molecule has 24 heavy (non-hydrogen) atoms. The fraction of sp³-hybridized carbons (Fsp3) is 0.588. The number of likely N-dealkylation sites (tertiary alicyclic amines) is 1. The third kappa shape index (κ3) is 5.29. The van der Waals surface area contributed by atoms with Crippen LogP contribution in [0.2, 0.25) is 0 Å². The molecule has 0 saturated carbocycles. The Kier molecular flexibility index (Phi) is 6.37. The van der Waals surface area contributed by atoms with Crippen LogP contribution < -0.4 is 9.62 Å². The SMILES string of the molecule is CCC[C@@H]1CN(CC(=O)N(C)c2ccccc2)C[C@H]1NS(C)(=O)=O. The lowest BCUT2D eigenvalue weighted by molar-refractivity contribution is -0.119. The van der Waals surface area contributed by atoms with Crippen LogP contribution in [-0.2, 0) is 14.8 Å². The van der Waals surface area contributed by atoms with Crippen molar-refractivity contribution >= 4 is 21.6 Å². The summed E-state index contributed by atoms with van der Waals surface area (Å²) in [6, 6.07) is 9.40. The summed E-state index contributed by atoms with van der Waals surface area (Å²) in [5.74, 6) is 0.260. The van der Waals surface area contributed by atoms with Crippen molar-refractivity contribution in [1.82, 2.24) is 9.62 Å². The van der Waals surface area contributed by atoms with Gasteiger partial charge in [-0.25, -0.2) is 13.1 Å². The lowest BCUT2D eigenvalue weighted by Crippen LogP contribution is -2.41. The van der Waals surface area contributed by atoms with E-state index < -0.39 is 10.0 Å². The maximum Gasteiger partial charge on any atom is 0.240 e. The van der Waals surface area contributed by atoms with Crippen LogP contribution in [0.4, 0.5) is 5.69 Å². The molecule has 1 N–H and O–H groups in total. The van der Waals surface area contributed by atoms with Crippen molar-refractivity contribution in [2.45, 2.75) is 25.8 Å². The molecule has 0 aliphatic carbocycles. The molecular weight excluding hydrogens is 326 g/mol. The van der Waals surface area contributed by atoms with Gasteiger partial charge >= 0.3 is 0 Å². The highest BCUT2D eigenvalue weighted by Crippen LogP contribution is 2.22. The summed E-state index contributed by atoms with van der Waals surface area (Å²) in [6.07, 6.45) is 3.14. The van der Waals surface area contributed by atoms with E-state index in [-0.39, 0.29) is 17.9 Å². The zero-order valence-electron chi connectivity index (χ0n) is 14.6. The molecule has 1 amide bonds. The van der Waals surface area contributed by atoms with E-state index in [0.717, 1.165) is 25.1 Å².